The normalized spacial score (nSPS) is 12.0. The molecule has 1 aromatic heterocycles. The van der Waals surface area contributed by atoms with E-state index in [1.54, 1.807) is 11.3 Å². The molecule has 0 spiro atoms. The maximum absolute atomic E-state index is 5.92. The van der Waals surface area contributed by atoms with Crippen molar-refractivity contribution in [1.29, 1.82) is 0 Å². The first kappa shape index (κ1) is 11.4. The van der Waals surface area contributed by atoms with Crippen LogP contribution in [0.3, 0.4) is 0 Å². The summed E-state index contributed by atoms with van der Waals surface area (Å²) in [6.45, 7) is 8.29. The highest BCUT2D eigenvalue weighted by Crippen LogP contribution is 2.31. The first-order valence-corrected chi connectivity index (χ1v) is 6.38. The van der Waals surface area contributed by atoms with Gasteiger partial charge in [0.2, 0.25) is 0 Å². The van der Waals surface area contributed by atoms with Gasteiger partial charge in [-0.05, 0) is 39.3 Å². The van der Waals surface area contributed by atoms with Crippen molar-refractivity contribution in [1.82, 2.24) is 4.98 Å². The zero-order chi connectivity index (χ0) is 11.8. The van der Waals surface area contributed by atoms with E-state index in [1.165, 1.54) is 9.71 Å². The second-order valence-electron chi connectivity index (χ2n) is 4.78. The number of benzene rings is 1. The molecular weight excluding hydrogens is 218 g/mol. The van der Waals surface area contributed by atoms with Crippen LogP contribution in [0.1, 0.15) is 32.7 Å². The molecule has 0 saturated carbocycles. The fourth-order valence-corrected chi connectivity index (χ4v) is 2.46. The van der Waals surface area contributed by atoms with Gasteiger partial charge in [-0.25, -0.2) is 4.98 Å². The highest BCUT2D eigenvalue weighted by Gasteiger charge is 2.15. The van der Waals surface area contributed by atoms with Crippen molar-refractivity contribution in [3.8, 4) is 5.75 Å². The molecule has 2 rings (SSSR count). The van der Waals surface area contributed by atoms with Gasteiger partial charge in [0.25, 0.3) is 0 Å². The van der Waals surface area contributed by atoms with Crippen LogP contribution in [0.15, 0.2) is 18.2 Å². The third kappa shape index (κ3) is 2.35. The number of ether oxygens (including phenoxy) is 1. The van der Waals surface area contributed by atoms with Crippen LogP contribution < -0.4 is 4.74 Å². The zero-order valence-electron chi connectivity index (χ0n) is 10.2. The SMILES string of the molecule is CCc1nc2c(OC(C)(C)C)cccc2s1. The van der Waals surface area contributed by atoms with Gasteiger partial charge in [-0.15, -0.1) is 11.3 Å². The molecule has 2 aromatic rings. The Hall–Kier alpha value is -1.09. The molecule has 1 aromatic carbocycles. The standard InChI is InChI=1S/C13H17NOS/c1-5-11-14-12-9(15-13(2,3)4)7-6-8-10(12)16-11/h6-8H,5H2,1-4H3. The second-order valence-corrected chi connectivity index (χ2v) is 5.89. The topological polar surface area (TPSA) is 22.1 Å². The van der Waals surface area contributed by atoms with E-state index in [1.807, 2.05) is 12.1 Å². The molecule has 0 fully saturated rings. The Morgan fingerprint density at radius 1 is 1.31 bits per heavy atom. The highest BCUT2D eigenvalue weighted by atomic mass is 32.1. The summed E-state index contributed by atoms with van der Waals surface area (Å²) in [6.07, 6.45) is 0.980. The molecule has 16 heavy (non-hydrogen) atoms. The van der Waals surface area contributed by atoms with E-state index < -0.39 is 0 Å². The number of hydrogen-bond donors (Lipinski definition) is 0. The van der Waals surface area contributed by atoms with Crippen molar-refractivity contribution in [2.75, 3.05) is 0 Å². The van der Waals surface area contributed by atoms with E-state index in [0.717, 1.165) is 17.7 Å². The molecule has 0 saturated heterocycles. The minimum absolute atomic E-state index is 0.176. The van der Waals surface area contributed by atoms with Gasteiger partial charge >= 0.3 is 0 Å². The van der Waals surface area contributed by atoms with Gasteiger partial charge in [0.15, 0.2) is 0 Å². The lowest BCUT2D eigenvalue weighted by Crippen LogP contribution is -2.23. The van der Waals surface area contributed by atoms with Crippen molar-refractivity contribution in [2.45, 2.75) is 39.7 Å². The van der Waals surface area contributed by atoms with Crippen LogP contribution in [0.4, 0.5) is 0 Å². The molecule has 0 aliphatic rings. The van der Waals surface area contributed by atoms with E-state index in [2.05, 4.69) is 38.7 Å². The lowest BCUT2D eigenvalue weighted by Gasteiger charge is -2.21. The number of rotatable bonds is 2. The van der Waals surface area contributed by atoms with Crippen LogP contribution in [0.25, 0.3) is 10.2 Å². The van der Waals surface area contributed by atoms with E-state index in [4.69, 9.17) is 4.74 Å². The van der Waals surface area contributed by atoms with Gasteiger partial charge < -0.3 is 4.74 Å². The van der Waals surface area contributed by atoms with Crippen molar-refractivity contribution in [3.05, 3.63) is 23.2 Å². The van der Waals surface area contributed by atoms with Crippen molar-refractivity contribution >= 4 is 21.6 Å². The zero-order valence-corrected chi connectivity index (χ0v) is 11.0. The Balaban J connectivity index is 2.48. The number of nitrogens with zero attached hydrogens (tertiary/aromatic N) is 1. The monoisotopic (exact) mass is 235 g/mol. The summed E-state index contributed by atoms with van der Waals surface area (Å²) in [7, 11) is 0. The van der Waals surface area contributed by atoms with Crippen LogP contribution >= 0.6 is 11.3 Å². The molecule has 2 nitrogen and oxygen atoms in total. The van der Waals surface area contributed by atoms with Gasteiger partial charge in [-0.2, -0.15) is 0 Å². The minimum atomic E-state index is -0.176. The number of aromatic nitrogens is 1. The van der Waals surface area contributed by atoms with Crippen molar-refractivity contribution in [3.63, 3.8) is 0 Å². The molecule has 3 heteroatoms. The van der Waals surface area contributed by atoms with Crippen LogP contribution in [0.2, 0.25) is 0 Å². The fourth-order valence-electron chi connectivity index (χ4n) is 1.53. The Bertz CT molecular complexity index is 496. The molecule has 0 aliphatic carbocycles. The predicted octanol–water partition coefficient (Wildman–Crippen LogP) is 4.04. The van der Waals surface area contributed by atoms with Crippen molar-refractivity contribution < 1.29 is 4.74 Å². The second kappa shape index (κ2) is 4.06. The van der Waals surface area contributed by atoms with Gasteiger partial charge in [0.1, 0.15) is 16.9 Å². The summed E-state index contributed by atoms with van der Waals surface area (Å²) >= 11 is 1.75. The molecule has 0 N–H and O–H groups in total. The molecule has 0 unspecified atom stereocenters. The average molecular weight is 235 g/mol. The number of para-hydroxylation sites is 1. The lowest BCUT2D eigenvalue weighted by molar-refractivity contribution is 0.133. The summed E-state index contributed by atoms with van der Waals surface area (Å²) in [4.78, 5) is 4.61. The number of thiazole rings is 1. The van der Waals surface area contributed by atoms with Crippen LogP contribution in [-0.2, 0) is 6.42 Å². The van der Waals surface area contributed by atoms with Crippen LogP contribution in [0.5, 0.6) is 5.75 Å². The lowest BCUT2D eigenvalue weighted by atomic mass is 10.2. The minimum Gasteiger partial charge on any atom is -0.486 e. The summed E-state index contributed by atoms with van der Waals surface area (Å²) in [5, 5.41) is 1.17. The Kier molecular flexibility index (Phi) is 2.89. The van der Waals surface area contributed by atoms with E-state index in [9.17, 15) is 0 Å². The largest absolute Gasteiger partial charge is 0.486 e. The Labute approximate surface area is 100 Å². The summed E-state index contributed by atoms with van der Waals surface area (Å²) in [6, 6.07) is 6.12. The highest BCUT2D eigenvalue weighted by molar-refractivity contribution is 7.18. The third-order valence-electron chi connectivity index (χ3n) is 2.14. The van der Waals surface area contributed by atoms with Crippen LogP contribution in [0, 0.1) is 0 Å². The van der Waals surface area contributed by atoms with Gasteiger partial charge in [-0.3, -0.25) is 0 Å². The molecule has 0 radical (unpaired) electrons. The van der Waals surface area contributed by atoms with E-state index >= 15 is 0 Å². The molecule has 0 aliphatic heterocycles. The number of fused-ring (bicyclic) bond motifs is 1. The van der Waals surface area contributed by atoms with Gasteiger partial charge in [-0.1, -0.05) is 13.0 Å². The van der Waals surface area contributed by atoms with Gasteiger partial charge in [0.05, 0.1) is 9.71 Å². The fraction of sp³-hybridized carbons (Fsp3) is 0.462. The quantitative estimate of drug-likeness (QED) is 0.784. The van der Waals surface area contributed by atoms with Crippen molar-refractivity contribution in [2.24, 2.45) is 0 Å². The van der Waals surface area contributed by atoms with Gasteiger partial charge in [0, 0.05) is 0 Å². The Morgan fingerprint density at radius 2 is 2.06 bits per heavy atom. The maximum Gasteiger partial charge on any atom is 0.147 e. The molecule has 0 bridgehead atoms. The predicted molar refractivity (Wildman–Crippen MR) is 69.4 cm³/mol. The molecular formula is C13H17NOS. The smallest absolute Gasteiger partial charge is 0.147 e. The number of hydrogen-bond acceptors (Lipinski definition) is 3. The van der Waals surface area contributed by atoms with Crippen LogP contribution in [-0.4, -0.2) is 10.6 Å². The third-order valence-corrected chi connectivity index (χ3v) is 3.31. The molecule has 1 heterocycles. The molecule has 86 valence electrons. The maximum atomic E-state index is 5.92. The summed E-state index contributed by atoms with van der Waals surface area (Å²) in [5.74, 6) is 0.890. The number of aryl methyl sites for hydroxylation is 1. The molecule has 0 atom stereocenters. The molecule has 0 amide bonds. The summed E-state index contributed by atoms with van der Waals surface area (Å²) < 4.78 is 7.12. The van der Waals surface area contributed by atoms with E-state index in [0.29, 0.717) is 0 Å². The summed E-state index contributed by atoms with van der Waals surface area (Å²) in [5.41, 5.74) is 0.823. The first-order valence-electron chi connectivity index (χ1n) is 5.57. The van der Waals surface area contributed by atoms with E-state index in [-0.39, 0.29) is 5.60 Å². The first-order chi connectivity index (χ1) is 7.49. The average Bonchev–Trinajstić information content (AvgIpc) is 2.59. The Morgan fingerprint density at radius 3 is 2.69 bits per heavy atom.